The summed E-state index contributed by atoms with van der Waals surface area (Å²) in [5, 5.41) is 45.3. The predicted molar refractivity (Wildman–Crippen MR) is 216 cm³/mol. The average molecular weight is 847 g/mol. The standard InChI is InChI=1S/C41H60FN6O10P/c1-3-4-5-6-7-8-9-10-11-12-13-14-15-16-17-18-23-54-25-31(57-33-21-19-30(24-43)38(53-2)36(33)42)26-55-59(51,52)56-27-34-37(49)39(50)41(28-44,58-34)35-22-20-32-40(45)46-29-47-48(32)35/h19-22,29,31,34,37,39,49-50H,3-18,23,25-27H2,1-2H3,(H,51,52)(H2,45,46,47)/t31-,34-,37-,39-,41+/m1/s1. The van der Waals surface area contributed by atoms with E-state index in [-0.39, 0.29) is 35.2 Å². The summed E-state index contributed by atoms with van der Waals surface area (Å²) in [5.41, 5.74) is 4.05. The van der Waals surface area contributed by atoms with Gasteiger partial charge in [-0.1, -0.05) is 103 Å². The van der Waals surface area contributed by atoms with Gasteiger partial charge in [0.25, 0.3) is 0 Å². The van der Waals surface area contributed by atoms with Gasteiger partial charge in [0.05, 0.1) is 38.2 Å². The zero-order chi connectivity index (χ0) is 42.7. The third-order valence-corrected chi connectivity index (χ3v) is 11.4. The molecule has 3 heterocycles. The summed E-state index contributed by atoms with van der Waals surface area (Å²) >= 11 is 0. The van der Waals surface area contributed by atoms with Crippen LogP contribution in [0.25, 0.3) is 5.52 Å². The van der Waals surface area contributed by atoms with Crippen LogP contribution in [0.15, 0.2) is 30.6 Å². The molecule has 0 amide bonds. The maximum absolute atomic E-state index is 15.3. The molecule has 16 nitrogen and oxygen atoms in total. The van der Waals surface area contributed by atoms with Crippen LogP contribution in [0.5, 0.6) is 11.5 Å². The van der Waals surface area contributed by atoms with Gasteiger partial charge in [-0.05, 0) is 30.7 Å². The molecule has 1 fully saturated rings. The van der Waals surface area contributed by atoms with E-state index in [9.17, 15) is 30.2 Å². The molecule has 2 aromatic heterocycles. The Morgan fingerprint density at radius 3 is 2.17 bits per heavy atom. The molecule has 3 aromatic rings. The average Bonchev–Trinajstić information content (AvgIpc) is 3.78. The van der Waals surface area contributed by atoms with Gasteiger partial charge < -0.3 is 39.8 Å². The number of aliphatic hydroxyl groups excluding tert-OH is 2. The highest BCUT2D eigenvalue weighted by Gasteiger charge is 2.58. The Bertz CT molecular complexity index is 1870. The summed E-state index contributed by atoms with van der Waals surface area (Å²) in [4.78, 5) is 14.5. The molecule has 1 unspecified atom stereocenters. The van der Waals surface area contributed by atoms with E-state index < -0.39 is 56.9 Å². The summed E-state index contributed by atoms with van der Waals surface area (Å²) in [6.45, 7) is 1.07. The van der Waals surface area contributed by atoms with E-state index in [4.69, 9.17) is 33.7 Å². The van der Waals surface area contributed by atoms with Crippen LogP contribution in [0.4, 0.5) is 10.2 Å². The topological polar surface area (TPSA) is 237 Å². The first-order valence-electron chi connectivity index (χ1n) is 20.7. The largest absolute Gasteiger partial charge is 0.492 e. The van der Waals surface area contributed by atoms with E-state index in [0.717, 1.165) is 32.0 Å². The first-order chi connectivity index (χ1) is 28.5. The van der Waals surface area contributed by atoms with Gasteiger partial charge in [-0.3, -0.25) is 9.05 Å². The van der Waals surface area contributed by atoms with Crippen molar-refractivity contribution in [3.63, 3.8) is 0 Å². The fourth-order valence-corrected chi connectivity index (χ4v) is 7.88. The maximum Gasteiger partial charge on any atom is 0.472 e. The number of phosphoric acid groups is 1. The Labute approximate surface area is 345 Å². The van der Waals surface area contributed by atoms with E-state index in [2.05, 4.69) is 17.0 Å². The number of phosphoric ester groups is 1. The van der Waals surface area contributed by atoms with Crippen LogP contribution in [0, 0.1) is 28.5 Å². The molecule has 4 rings (SSSR count). The summed E-state index contributed by atoms with van der Waals surface area (Å²) in [6.07, 6.45) is 14.7. The Hall–Kier alpha value is -3.90. The van der Waals surface area contributed by atoms with E-state index in [1.54, 1.807) is 0 Å². The van der Waals surface area contributed by atoms with Gasteiger partial charge in [0, 0.05) is 6.61 Å². The Balaban J connectivity index is 1.24. The molecular formula is C41H60FN6O10P. The van der Waals surface area contributed by atoms with Crippen LogP contribution in [0.1, 0.15) is 121 Å². The molecule has 1 aliphatic rings. The van der Waals surface area contributed by atoms with Crippen molar-refractivity contribution >= 4 is 19.2 Å². The number of fused-ring (bicyclic) bond motifs is 1. The molecule has 18 heteroatoms. The Morgan fingerprint density at radius 2 is 1.58 bits per heavy atom. The summed E-state index contributed by atoms with van der Waals surface area (Å²) in [7, 11) is -3.71. The number of nitrogen functional groups attached to an aromatic ring is 1. The number of benzene rings is 1. The van der Waals surface area contributed by atoms with Crippen molar-refractivity contribution in [3.05, 3.63) is 47.7 Å². The van der Waals surface area contributed by atoms with Gasteiger partial charge in [0.2, 0.25) is 11.4 Å². The molecule has 0 aliphatic carbocycles. The zero-order valence-corrected chi connectivity index (χ0v) is 35.1. The van der Waals surface area contributed by atoms with Crippen molar-refractivity contribution in [1.82, 2.24) is 14.6 Å². The summed E-state index contributed by atoms with van der Waals surface area (Å²) in [5.74, 6) is -1.48. The van der Waals surface area contributed by atoms with Crippen LogP contribution >= 0.6 is 7.82 Å². The monoisotopic (exact) mass is 846 g/mol. The number of aromatic nitrogens is 3. The van der Waals surface area contributed by atoms with Gasteiger partial charge in [0.1, 0.15) is 48.4 Å². The number of nitriles is 2. The lowest BCUT2D eigenvalue weighted by Gasteiger charge is -2.24. The molecule has 59 heavy (non-hydrogen) atoms. The fourth-order valence-electron chi connectivity index (χ4n) is 7.11. The van der Waals surface area contributed by atoms with Crippen LogP contribution in [-0.4, -0.2) is 87.7 Å². The minimum atomic E-state index is -4.92. The highest BCUT2D eigenvalue weighted by Crippen LogP contribution is 2.46. The fraction of sp³-hybridized carbons (Fsp3) is 0.659. The van der Waals surface area contributed by atoms with E-state index in [1.807, 2.05) is 12.1 Å². The molecule has 0 radical (unpaired) electrons. The number of nitrogens with zero attached hydrogens (tertiary/aromatic N) is 5. The van der Waals surface area contributed by atoms with Gasteiger partial charge in [-0.25, -0.2) is 14.1 Å². The first kappa shape index (κ1) is 47.8. The molecule has 6 atom stereocenters. The Morgan fingerprint density at radius 1 is 0.949 bits per heavy atom. The molecule has 0 saturated carbocycles. The number of nitrogens with two attached hydrogens (primary N) is 1. The van der Waals surface area contributed by atoms with Crippen LogP contribution in [-0.2, 0) is 28.7 Å². The number of hydrogen-bond donors (Lipinski definition) is 4. The quantitative estimate of drug-likeness (QED) is 0.0405. The van der Waals surface area contributed by atoms with Crippen molar-refractivity contribution in [2.24, 2.45) is 0 Å². The number of unbranched alkanes of at least 4 members (excludes halogenated alkanes) is 15. The second-order valence-electron chi connectivity index (χ2n) is 14.8. The lowest BCUT2D eigenvalue weighted by Crippen LogP contribution is -2.41. The third-order valence-electron chi connectivity index (χ3n) is 10.4. The molecule has 5 N–H and O–H groups in total. The number of rotatable bonds is 29. The minimum absolute atomic E-state index is 0.0350. The lowest BCUT2D eigenvalue weighted by atomic mass is 9.92. The Kier molecular flexibility index (Phi) is 19.7. The lowest BCUT2D eigenvalue weighted by molar-refractivity contribution is -0.0652. The SMILES string of the molecule is CCCCCCCCCCCCCCCCCCOC[C@H](COP(=O)(O)OC[C@H]1O[C@@](C#N)(c2ccc3c(N)ncnn23)[C@H](O)[C@@H]1O)Oc1ccc(C#N)c(OC)c1F. The maximum atomic E-state index is 15.3. The number of methoxy groups -OCH3 is 1. The van der Waals surface area contributed by atoms with Gasteiger partial charge >= 0.3 is 7.82 Å². The van der Waals surface area contributed by atoms with Gasteiger partial charge in [-0.15, -0.1) is 0 Å². The molecule has 1 saturated heterocycles. The number of anilines is 1. The summed E-state index contributed by atoms with van der Waals surface area (Å²) < 4.78 is 62.4. The van der Waals surface area contributed by atoms with E-state index in [0.29, 0.717) is 12.1 Å². The van der Waals surface area contributed by atoms with Crippen molar-refractivity contribution in [2.75, 3.05) is 39.3 Å². The van der Waals surface area contributed by atoms with E-state index in [1.165, 1.54) is 113 Å². The van der Waals surface area contributed by atoms with E-state index >= 15 is 4.39 Å². The van der Waals surface area contributed by atoms with Crippen molar-refractivity contribution < 1.29 is 52.1 Å². The molecule has 1 aromatic carbocycles. The molecule has 1 aliphatic heterocycles. The molecule has 326 valence electrons. The number of hydrogen-bond acceptors (Lipinski definition) is 14. The second-order valence-corrected chi connectivity index (χ2v) is 16.3. The highest BCUT2D eigenvalue weighted by atomic mass is 31.2. The molecule has 0 spiro atoms. The number of aliphatic hydroxyl groups is 2. The molecule has 0 bridgehead atoms. The normalized spacial score (nSPS) is 20.6. The minimum Gasteiger partial charge on any atom is -0.492 e. The number of halogens is 1. The van der Waals surface area contributed by atoms with Crippen molar-refractivity contribution in [3.8, 4) is 23.6 Å². The van der Waals surface area contributed by atoms with Crippen LogP contribution in [0.3, 0.4) is 0 Å². The van der Waals surface area contributed by atoms with Gasteiger partial charge in [-0.2, -0.15) is 20.0 Å². The van der Waals surface area contributed by atoms with Crippen LogP contribution in [0.2, 0.25) is 0 Å². The highest BCUT2D eigenvalue weighted by molar-refractivity contribution is 7.47. The number of ether oxygens (including phenoxy) is 4. The van der Waals surface area contributed by atoms with Gasteiger partial charge in [0.15, 0.2) is 17.3 Å². The smallest absolute Gasteiger partial charge is 0.472 e. The second kappa shape index (κ2) is 24.4. The first-order valence-corrected chi connectivity index (χ1v) is 22.2. The molecular weight excluding hydrogens is 786 g/mol. The predicted octanol–water partition coefficient (Wildman–Crippen LogP) is 7.03. The van der Waals surface area contributed by atoms with Crippen LogP contribution < -0.4 is 15.2 Å². The van der Waals surface area contributed by atoms with Crippen molar-refractivity contribution in [2.45, 2.75) is 140 Å². The summed E-state index contributed by atoms with van der Waals surface area (Å²) in [6, 6.07) is 9.20. The van der Waals surface area contributed by atoms with Crippen molar-refractivity contribution in [1.29, 1.82) is 10.5 Å². The zero-order valence-electron chi connectivity index (χ0n) is 34.2. The third kappa shape index (κ3) is 13.6.